The summed E-state index contributed by atoms with van der Waals surface area (Å²) in [6.45, 7) is 2.84. The van der Waals surface area contributed by atoms with Crippen LogP contribution >= 0.6 is 0 Å². The van der Waals surface area contributed by atoms with Gasteiger partial charge in [-0.05, 0) is 13.8 Å². The van der Waals surface area contributed by atoms with Crippen LogP contribution in [0.15, 0.2) is 0 Å². The number of ether oxygens (including phenoxy) is 3. The summed E-state index contributed by atoms with van der Waals surface area (Å²) in [5.41, 5.74) is 0. The van der Waals surface area contributed by atoms with Crippen LogP contribution in [0, 0.1) is 0 Å². The topological polar surface area (TPSA) is 102 Å². The second-order valence-electron chi connectivity index (χ2n) is 3.48. The molecule has 7 nitrogen and oxygen atoms in total. The summed E-state index contributed by atoms with van der Waals surface area (Å²) in [6.07, 6.45) is -4.80. The minimum Gasteiger partial charge on any atom is -0.467 e. The van der Waals surface area contributed by atoms with Gasteiger partial charge in [-0.3, -0.25) is 0 Å². The molecule has 0 fully saturated rings. The first-order valence-corrected chi connectivity index (χ1v) is 5.02. The SMILES string of the molecule is COC(=O)C(O)C(C)OC(C)C(O)C(=O)OC. The average Bonchev–Trinajstić information content (AvgIpc) is 2.34. The van der Waals surface area contributed by atoms with Crippen molar-refractivity contribution in [2.45, 2.75) is 38.3 Å². The third-order valence-electron chi connectivity index (χ3n) is 2.20. The van der Waals surface area contributed by atoms with Crippen LogP contribution in [0.3, 0.4) is 0 Å². The highest BCUT2D eigenvalue weighted by Crippen LogP contribution is 2.08. The molecule has 0 aromatic heterocycles. The van der Waals surface area contributed by atoms with Gasteiger partial charge in [0, 0.05) is 0 Å². The zero-order chi connectivity index (χ0) is 13.6. The molecular weight excluding hydrogens is 232 g/mol. The van der Waals surface area contributed by atoms with Gasteiger partial charge in [0.1, 0.15) is 0 Å². The Morgan fingerprint density at radius 1 is 0.882 bits per heavy atom. The fraction of sp³-hybridized carbons (Fsp3) is 0.800. The molecule has 0 radical (unpaired) electrons. The second-order valence-corrected chi connectivity index (χ2v) is 3.48. The lowest BCUT2D eigenvalue weighted by atomic mass is 10.2. The third kappa shape index (κ3) is 4.68. The molecule has 0 saturated heterocycles. The maximum Gasteiger partial charge on any atom is 0.337 e. The molecule has 2 N–H and O–H groups in total. The fourth-order valence-electron chi connectivity index (χ4n) is 1.11. The zero-order valence-corrected chi connectivity index (χ0v) is 10.2. The van der Waals surface area contributed by atoms with E-state index in [-0.39, 0.29) is 0 Å². The van der Waals surface area contributed by atoms with E-state index in [1.807, 2.05) is 0 Å². The van der Waals surface area contributed by atoms with Crippen molar-refractivity contribution in [3.63, 3.8) is 0 Å². The molecule has 0 saturated carbocycles. The molecule has 0 aromatic carbocycles. The van der Waals surface area contributed by atoms with Crippen molar-refractivity contribution >= 4 is 11.9 Å². The van der Waals surface area contributed by atoms with Gasteiger partial charge in [-0.25, -0.2) is 9.59 Å². The molecule has 0 aromatic rings. The van der Waals surface area contributed by atoms with Crippen molar-refractivity contribution in [2.24, 2.45) is 0 Å². The van der Waals surface area contributed by atoms with Crippen molar-refractivity contribution in [3.8, 4) is 0 Å². The Balaban J connectivity index is 4.33. The zero-order valence-electron chi connectivity index (χ0n) is 10.2. The lowest BCUT2D eigenvalue weighted by Crippen LogP contribution is -2.42. The number of hydrogen-bond donors (Lipinski definition) is 2. The van der Waals surface area contributed by atoms with Crippen LogP contribution in [0.25, 0.3) is 0 Å². The Bertz CT molecular complexity index is 239. The first kappa shape index (κ1) is 15.8. The molecule has 17 heavy (non-hydrogen) atoms. The Morgan fingerprint density at radius 3 is 1.41 bits per heavy atom. The normalized spacial score (nSPS) is 17.8. The summed E-state index contributed by atoms with van der Waals surface area (Å²) in [5, 5.41) is 18.8. The number of carbonyl (C=O) groups excluding carboxylic acids is 2. The molecule has 0 bridgehead atoms. The molecule has 0 amide bonds. The van der Waals surface area contributed by atoms with Gasteiger partial charge in [-0.15, -0.1) is 0 Å². The molecule has 0 aliphatic rings. The summed E-state index contributed by atoms with van der Waals surface area (Å²) in [4.78, 5) is 22.0. The smallest absolute Gasteiger partial charge is 0.337 e. The summed E-state index contributed by atoms with van der Waals surface area (Å²) in [7, 11) is 2.26. The highest BCUT2D eigenvalue weighted by atomic mass is 16.6. The van der Waals surface area contributed by atoms with Gasteiger partial charge in [-0.1, -0.05) is 0 Å². The average molecular weight is 250 g/mol. The van der Waals surface area contributed by atoms with Crippen LogP contribution in [0.4, 0.5) is 0 Å². The Hall–Kier alpha value is -1.18. The van der Waals surface area contributed by atoms with Crippen molar-refractivity contribution in [1.82, 2.24) is 0 Å². The van der Waals surface area contributed by atoms with Crippen LogP contribution < -0.4 is 0 Å². The number of carbonyl (C=O) groups is 2. The van der Waals surface area contributed by atoms with Gasteiger partial charge < -0.3 is 24.4 Å². The molecule has 0 rings (SSSR count). The van der Waals surface area contributed by atoms with Crippen molar-refractivity contribution in [1.29, 1.82) is 0 Å². The first-order chi connectivity index (χ1) is 7.84. The van der Waals surface area contributed by atoms with Gasteiger partial charge >= 0.3 is 11.9 Å². The predicted octanol–water partition coefficient (Wildman–Crippen LogP) is -1.15. The number of aliphatic hydroxyl groups is 2. The van der Waals surface area contributed by atoms with E-state index in [2.05, 4.69) is 9.47 Å². The van der Waals surface area contributed by atoms with Gasteiger partial charge in [0.2, 0.25) is 0 Å². The summed E-state index contributed by atoms with van der Waals surface area (Å²) in [5.74, 6) is -1.70. The van der Waals surface area contributed by atoms with Crippen molar-refractivity contribution in [3.05, 3.63) is 0 Å². The van der Waals surface area contributed by atoms with Crippen LogP contribution in [0.1, 0.15) is 13.8 Å². The number of methoxy groups -OCH3 is 2. The monoisotopic (exact) mass is 250 g/mol. The predicted molar refractivity (Wildman–Crippen MR) is 56.1 cm³/mol. The first-order valence-electron chi connectivity index (χ1n) is 5.02. The van der Waals surface area contributed by atoms with Crippen LogP contribution in [-0.4, -0.2) is 60.8 Å². The maximum atomic E-state index is 11.0. The van der Waals surface area contributed by atoms with Gasteiger partial charge in [0.15, 0.2) is 12.2 Å². The number of aliphatic hydroxyl groups excluding tert-OH is 2. The molecule has 100 valence electrons. The second kappa shape index (κ2) is 7.21. The number of esters is 2. The third-order valence-corrected chi connectivity index (χ3v) is 2.20. The van der Waals surface area contributed by atoms with Crippen LogP contribution in [0.2, 0.25) is 0 Å². The van der Waals surface area contributed by atoms with E-state index in [9.17, 15) is 19.8 Å². The van der Waals surface area contributed by atoms with E-state index in [4.69, 9.17) is 4.74 Å². The van der Waals surface area contributed by atoms with E-state index < -0.39 is 36.4 Å². The summed E-state index contributed by atoms with van der Waals surface area (Å²) >= 11 is 0. The highest BCUT2D eigenvalue weighted by Gasteiger charge is 2.30. The lowest BCUT2D eigenvalue weighted by molar-refractivity contribution is -0.172. The number of hydrogen-bond acceptors (Lipinski definition) is 7. The molecule has 0 heterocycles. The van der Waals surface area contributed by atoms with Crippen molar-refractivity contribution in [2.75, 3.05) is 14.2 Å². The minimum atomic E-state index is -1.48. The molecule has 0 spiro atoms. The quantitative estimate of drug-likeness (QED) is 0.574. The summed E-state index contributed by atoms with van der Waals surface area (Å²) < 4.78 is 13.8. The van der Waals surface area contributed by atoms with Gasteiger partial charge in [0.05, 0.1) is 26.4 Å². The van der Waals surface area contributed by atoms with E-state index in [1.54, 1.807) is 0 Å². The fourth-order valence-corrected chi connectivity index (χ4v) is 1.11. The molecule has 0 aliphatic heterocycles. The largest absolute Gasteiger partial charge is 0.467 e. The molecule has 7 heteroatoms. The van der Waals surface area contributed by atoms with E-state index in [0.29, 0.717) is 0 Å². The highest BCUT2D eigenvalue weighted by molar-refractivity contribution is 5.75. The Morgan fingerprint density at radius 2 is 1.18 bits per heavy atom. The van der Waals surface area contributed by atoms with Crippen LogP contribution in [0.5, 0.6) is 0 Å². The van der Waals surface area contributed by atoms with E-state index >= 15 is 0 Å². The van der Waals surface area contributed by atoms with Crippen LogP contribution in [-0.2, 0) is 23.8 Å². The number of rotatable bonds is 6. The van der Waals surface area contributed by atoms with E-state index in [0.717, 1.165) is 14.2 Å². The van der Waals surface area contributed by atoms with Gasteiger partial charge in [-0.2, -0.15) is 0 Å². The molecule has 0 aliphatic carbocycles. The van der Waals surface area contributed by atoms with Gasteiger partial charge in [0.25, 0.3) is 0 Å². The molecule has 4 atom stereocenters. The lowest BCUT2D eigenvalue weighted by Gasteiger charge is -2.24. The molecule has 4 unspecified atom stereocenters. The standard InChI is InChI=1S/C10H18O7/c1-5(7(11)9(13)15-3)17-6(2)8(12)10(14)16-4/h5-8,11-12H,1-4H3. The Labute approximate surface area is 99.3 Å². The Kier molecular flexibility index (Phi) is 6.71. The van der Waals surface area contributed by atoms with Crippen molar-refractivity contribution < 1.29 is 34.0 Å². The minimum absolute atomic E-state index is 0.850. The molecular formula is C10H18O7. The summed E-state index contributed by atoms with van der Waals surface area (Å²) in [6, 6.07) is 0. The van der Waals surface area contributed by atoms with E-state index in [1.165, 1.54) is 13.8 Å². The maximum absolute atomic E-state index is 11.0.